The van der Waals surface area contributed by atoms with Gasteiger partial charge in [-0.1, -0.05) is 0 Å². The Labute approximate surface area is 94.0 Å². The van der Waals surface area contributed by atoms with Gasteiger partial charge in [0.1, 0.15) is 0 Å². The average molecular weight is 221 g/mol. The second-order valence-corrected chi connectivity index (χ2v) is 4.12. The Hall–Kier alpha value is -1.62. The van der Waals surface area contributed by atoms with Crippen LogP contribution in [0.1, 0.15) is 12.8 Å². The maximum absolute atomic E-state index is 10.5. The molecule has 2 rings (SSSR count). The number of non-ortho nitro benzene ring substituents is 1. The fourth-order valence-corrected chi connectivity index (χ4v) is 2.03. The summed E-state index contributed by atoms with van der Waals surface area (Å²) < 4.78 is 0. The fourth-order valence-electron chi connectivity index (χ4n) is 2.03. The van der Waals surface area contributed by atoms with Crippen LogP contribution in [0.2, 0.25) is 0 Å². The molecule has 0 bridgehead atoms. The highest BCUT2D eigenvalue weighted by Gasteiger charge is 2.17. The van der Waals surface area contributed by atoms with Gasteiger partial charge in [-0.15, -0.1) is 0 Å². The van der Waals surface area contributed by atoms with Crippen molar-refractivity contribution in [1.82, 2.24) is 0 Å². The third kappa shape index (κ3) is 2.30. The highest BCUT2D eigenvalue weighted by Crippen LogP contribution is 2.22. The third-order valence-corrected chi connectivity index (χ3v) is 2.88. The van der Waals surface area contributed by atoms with Gasteiger partial charge in [-0.2, -0.15) is 0 Å². The molecule has 1 aliphatic heterocycles. The number of hydrogen-bond acceptors (Lipinski definition) is 4. The number of hydrogen-bond donors (Lipinski definition) is 1. The highest BCUT2D eigenvalue weighted by molar-refractivity contribution is 5.51. The SMILES string of the molecule is N[C@H]1CCCN(c2ccc([N+](=O)[O-])cc2)C1. The topological polar surface area (TPSA) is 72.4 Å². The van der Waals surface area contributed by atoms with E-state index in [1.807, 2.05) is 0 Å². The van der Waals surface area contributed by atoms with Crippen molar-refractivity contribution in [1.29, 1.82) is 0 Å². The Kier molecular flexibility index (Phi) is 3.05. The Morgan fingerprint density at radius 3 is 2.62 bits per heavy atom. The first-order valence-corrected chi connectivity index (χ1v) is 5.42. The molecule has 0 saturated carbocycles. The predicted octanol–water partition coefficient (Wildman–Crippen LogP) is 1.52. The first-order chi connectivity index (χ1) is 7.66. The lowest BCUT2D eigenvalue weighted by molar-refractivity contribution is -0.384. The molecule has 1 aromatic carbocycles. The van der Waals surface area contributed by atoms with E-state index in [2.05, 4.69) is 4.90 Å². The van der Waals surface area contributed by atoms with Crippen molar-refractivity contribution in [2.75, 3.05) is 18.0 Å². The molecule has 1 atom stereocenters. The number of rotatable bonds is 2. The molecule has 1 saturated heterocycles. The number of piperidine rings is 1. The minimum absolute atomic E-state index is 0.130. The van der Waals surface area contributed by atoms with Gasteiger partial charge in [0.2, 0.25) is 0 Å². The largest absolute Gasteiger partial charge is 0.370 e. The summed E-state index contributed by atoms with van der Waals surface area (Å²) in [5.74, 6) is 0. The molecule has 1 fully saturated rings. The highest BCUT2D eigenvalue weighted by atomic mass is 16.6. The van der Waals surface area contributed by atoms with Crippen molar-refractivity contribution >= 4 is 11.4 Å². The van der Waals surface area contributed by atoms with Crippen LogP contribution in [-0.2, 0) is 0 Å². The number of benzene rings is 1. The molecule has 2 N–H and O–H groups in total. The van der Waals surface area contributed by atoms with Crippen LogP contribution in [0.5, 0.6) is 0 Å². The number of anilines is 1. The standard InChI is InChI=1S/C11H15N3O2/c12-9-2-1-7-13(8-9)10-3-5-11(6-4-10)14(15)16/h3-6,9H,1-2,7-8,12H2/t9-/m0/s1. The first kappa shape index (κ1) is 10.9. The van der Waals surface area contributed by atoms with Gasteiger partial charge in [-0.25, -0.2) is 0 Å². The molecule has 5 heteroatoms. The van der Waals surface area contributed by atoms with Gasteiger partial charge in [0.25, 0.3) is 5.69 Å². The van der Waals surface area contributed by atoms with E-state index in [9.17, 15) is 10.1 Å². The normalized spacial score (nSPS) is 20.8. The van der Waals surface area contributed by atoms with Gasteiger partial charge >= 0.3 is 0 Å². The summed E-state index contributed by atoms with van der Waals surface area (Å²) in [5.41, 5.74) is 7.03. The summed E-state index contributed by atoms with van der Waals surface area (Å²) in [7, 11) is 0. The molecule has 1 aliphatic rings. The number of nitro benzene ring substituents is 1. The smallest absolute Gasteiger partial charge is 0.269 e. The third-order valence-electron chi connectivity index (χ3n) is 2.88. The van der Waals surface area contributed by atoms with Gasteiger partial charge in [-0.3, -0.25) is 10.1 Å². The van der Waals surface area contributed by atoms with Crippen LogP contribution >= 0.6 is 0 Å². The average Bonchev–Trinajstić information content (AvgIpc) is 2.29. The quantitative estimate of drug-likeness (QED) is 0.607. The monoisotopic (exact) mass is 221 g/mol. The van der Waals surface area contributed by atoms with Gasteiger partial charge in [0.05, 0.1) is 4.92 Å². The predicted molar refractivity (Wildman–Crippen MR) is 62.5 cm³/mol. The van der Waals surface area contributed by atoms with Crippen LogP contribution in [0.4, 0.5) is 11.4 Å². The summed E-state index contributed by atoms with van der Waals surface area (Å²) in [6.45, 7) is 1.81. The van der Waals surface area contributed by atoms with Gasteiger partial charge in [-0.05, 0) is 25.0 Å². The lowest BCUT2D eigenvalue weighted by atomic mass is 10.1. The zero-order valence-corrected chi connectivity index (χ0v) is 9.00. The molecule has 86 valence electrons. The van der Waals surface area contributed by atoms with Crippen LogP contribution in [0.3, 0.4) is 0 Å². The molecule has 0 aliphatic carbocycles. The van der Waals surface area contributed by atoms with Crippen LogP contribution in [0, 0.1) is 10.1 Å². The van der Waals surface area contributed by atoms with Crippen molar-refractivity contribution in [3.8, 4) is 0 Å². The van der Waals surface area contributed by atoms with E-state index in [1.165, 1.54) is 12.1 Å². The Morgan fingerprint density at radius 2 is 2.06 bits per heavy atom. The van der Waals surface area contributed by atoms with Crippen molar-refractivity contribution in [3.05, 3.63) is 34.4 Å². The molecule has 0 amide bonds. The van der Waals surface area contributed by atoms with E-state index < -0.39 is 0 Å². The molecular weight excluding hydrogens is 206 g/mol. The van der Waals surface area contributed by atoms with Crippen molar-refractivity contribution < 1.29 is 4.92 Å². The van der Waals surface area contributed by atoms with Gasteiger partial charge in [0, 0.05) is 37.0 Å². The summed E-state index contributed by atoms with van der Waals surface area (Å²) in [6.07, 6.45) is 2.14. The lowest BCUT2D eigenvalue weighted by Gasteiger charge is -2.32. The Balaban J connectivity index is 2.11. The van der Waals surface area contributed by atoms with Crippen LogP contribution < -0.4 is 10.6 Å². The number of nitrogens with two attached hydrogens (primary N) is 1. The maximum atomic E-state index is 10.5. The molecule has 1 aromatic rings. The molecule has 0 unspecified atom stereocenters. The van der Waals surface area contributed by atoms with Crippen molar-refractivity contribution in [2.24, 2.45) is 5.73 Å². The van der Waals surface area contributed by atoms with Crippen LogP contribution in [0.15, 0.2) is 24.3 Å². The van der Waals surface area contributed by atoms with E-state index in [-0.39, 0.29) is 16.7 Å². The van der Waals surface area contributed by atoms with Gasteiger partial charge < -0.3 is 10.6 Å². The van der Waals surface area contributed by atoms with Crippen LogP contribution in [-0.4, -0.2) is 24.1 Å². The van der Waals surface area contributed by atoms with Crippen molar-refractivity contribution in [3.63, 3.8) is 0 Å². The zero-order valence-electron chi connectivity index (χ0n) is 9.00. The van der Waals surface area contributed by atoms with E-state index >= 15 is 0 Å². The van der Waals surface area contributed by atoms with E-state index in [0.29, 0.717) is 0 Å². The number of nitro groups is 1. The number of nitrogens with zero attached hydrogens (tertiary/aromatic N) is 2. The molecule has 16 heavy (non-hydrogen) atoms. The summed E-state index contributed by atoms with van der Waals surface area (Å²) >= 11 is 0. The second-order valence-electron chi connectivity index (χ2n) is 4.12. The minimum atomic E-state index is -0.383. The lowest BCUT2D eigenvalue weighted by Crippen LogP contribution is -2.42. The molecule has 0 radical (unpaired) electrons. The maximum Gasteiger partial charge on any atom is 0.269 e. The Bertz CT molecular complexity index is 377. The minimum Gasteiger partial charge on any atom is -0.370 e. The fraction of sp³-hybridized carbons (Fsp3) is 0.455. The summed E-state index contributed by atoms with van der Waals surface area (Å²) in [4.78, 5) is 12.3. The zero-order chi connectivity index (χ0) is 11.5. The van der Waals surface area contributed by atoms with Crippen molar-refractivity contribution in [2.45, 2.75) is 18.9 Å². The summed E-state index contributed by atoms with van der Waals surface area (Å²) in [6, 6.07) is 6.86. The molecular formula is C11H15N3O2. The molecule has 0 spiro atoms. The summed E-state index contributed by atoms with van der Waals surface area (Å²) in [5, 5.41) is 10.5. The van der Waals surface area contributed by atoms with Crippen LogP contribution in [0.25, 0.3) is 0 Å². The second kappa shape index (κ2) is 4.49. The molecule has 0 aromatic heterocycles. The molecule has 1 heterocycles. The Morgan fingerprint density at radius 1 is 1.38 bits per heavy atom. The van der Waals surface area contributed by atoms with Gasteiger partial charge in [0.15, 0.2) is 0 Å². The van der Waals surface area contributed by atoms with E-state index in [0.717, 1.165) is 31.6 Å². The van der Waals surface area contributed by atoms with E-state index in [4.69, 9.17) is 5.73 Å². The van der Waals surface area contributed by atoms with E-state index in [1.54, 1.807) is 12.1 Å². The first-order valence-electron chi connectivity index (χ1n) is 5.42. The molecule has 5 nitrogen and oxygen atoms in total.